The molecule has 12 heavy (non-hydrogen) atoms. The van der Waals surface area contributed by atoms with Gasteiger partial charge < -0.3 is 5.11 Å². The first-order chi connectivity index (χ1) is 5.68. The van der Waals surface area contributed by atoms with E-state index < -0.39 is 5.97 Å². The lowest BCUT2D eigenvalue weighted by Crippen LogP contribution is -2.04. The number of carbonyl (C=O) groups is 1. The number of benzene rings is 1. The molecule has 0 saturated carbocycles. The Morgan fingerprint density at radius 3 is 2.83 bits per heavy atom. The molecule has 0 aliphatic rings. The van der Waals surface area contributed by atoms with Crippen LogP contribution in [0.2, 0.25) is 0 Å². The van der Waals surface area contributed by atoms with Gasteiger partial charge in [-0.25, -0.2) is 0 Å². The molecule has 0 saturated heterocycles. The molecule has 0 fully saturated rings. The Morgan fingerprint density at radius 2 is 2.25 bits per heavy atom. The first kappa shape index (κ1) is 8.85. The average Bonchev–Trinajstić information content (AvgIpc) is 2.01. The van der Waals surface area contributed by atoms with E-state index in [2.05, 4.69) is 0 Å². The fourth-order valence-electron chi connectivity index (χ4n) is 1.12. The van der Waals surface area contributed by atoms with Gasteiger partial charge in [-0.05, 0) is 12.0 Å². The Morgan fingerprint density at radius 1 is 1.50 bits per heavy atom. The molecule has 1 aromatic rings. The molecule has 0 aliphatic heterocycles. The van der Waals surface area contributed by atoms with Crippen LogP contribution in [0, 0.1) is 0 Å². The summed E-state index contributed by atoms with van der Waals surface area (Å²) in [6.07, 6.45) is 0.834. The minimum absolute atomic E-state index is 0.212. The smallest absolute Gasteiger partial charge is 0.303 e. The monoisotopic (exact) mass is 162 g/mol. The van der Waals surface area contributed by atoms with Gasteiger partial charge in [0, 0.05) is 6.42 Å². The first-order valence-corrected chi connectivity index (χ1v) is 3.96. The lowest BCUT2D eigenvalue weighted by molar-refractivity contribution is -0.136. The SMILES string of the molecule is Bc1cccc(CCC(=O)O)c1. The molecule has 1 aromatic carbocycles. The second kappa shape index (κ2) is 3.95. The van der Waals surface area contributed by atoms with E-state index in [-0.39, 0.29) is 6.42 Å². The van der Waals surface area contributed by atoms with Crippen molar-refractivity contribution in [1.29, 1.82) is 0 Å². The Labute approximate surface area is 72.6 Å². The molecule has 2 nitrogen and oxygen atoms in total. The highest BCUT2D eigenvalue weighted by atomic mass is 16.4. The molecular weight excluding hydrogens is 151 g/mol. The maximum Gasteiger partial charge on any atom is 0.303 e. The van der Waals surface area contributed by atoms with Crippen LogP contribution < -0.4 is 5.46 Å². The number of aryl methyl sites for hydroxylation is 1. The highest BCUT2D eigenvalue weighted by molar-refractivity contribution is 6.32. The van der Waals surface area contributed by atoms with Crippen molar-refractivity contribution < 1.29 is 9.90 Å². The molecule has 1 N–H and O–H groups in total. The van der Waals surface area contributed by atoms with Crippen molar-refractivity contribution in [2.75, 3.05) is 0 Å². The third-order valence-electron chi connectivity index (χ3n) is 1.71. The molecule has 0 radical (unpaired) electrons. The summed E-state index contributed by atoms with van der Waals surface area (Å²) < 4.78 is 0. The standard InChI is InChI=1S/C9H11BO2/c10-8-3-1-2-7(6-8)4-5-9(11)12/h1-3,6H,4-5,10H2,(H,11,12). The van der Waals surface area contributed by atoms with E-state index >= 15 is 0 Å². The minimum Gasteiger partial charge on any atom is -0.481 e. The van der Waals surface area contributed by atoms with Crippen molar-refractivity contribution in [3.8, 4) is 0 Å². The predicted molar refractivity (Wildman–Crippen MR) is 50.6 cm³/mol. The molecule has 62 valence electrons. The summed E-state index contributed by atoms with van der Waals surface area (Å²) in [4.78, 5) is 10.3. The Hall–Kier alpha value is -1.25. The van der Waals surface area contributed by atoms with Crippen LogP contribution in [0.1, 0.15) is 12.0 Å². The number of hydrogen-bond donors (Lipinski definition) is 1. The van der Waals surface area contributed by atoms with Crippen molar-refractivity contribution in [3.05, 3.63) is 29.8 Å². The van der Waals surface area contributed by atoms with Crippen molar-refractivity contribution in [3.63, 3.8) is 0 Å². The van der Waals surface area contributed by atoms with Gasteiger partial charge in [-0.2, -0.15) is 0 Å². The maximum absolute atomic E-state index is 10.3. The zero-order chi connectivity index (χ0) is 8.97. The molecule has 0 bridgehead atoms. The molecule has 0 unspecified atom stereocenters. The van der Waals surface area contributed by atoms with E-state index in [1.165, 1.54) is 5.46 Å². The van der Waals surface area contributed by atoms with Gasteiger partial charge in [0.15, 0.2) is 0 Å². The maximum atomic E-state index is 10.3. The summed E-state index contributed by atoms with van der Waals surface area (Å²) in [6, 6.07) is 7.93. The second-order valence-electron chi connectivity index (χ2n) is 2.88. The molecule has 0 spiro atoms. The third-order valence-corrected chi connectivity index (χ3v) is 1.71. The van der Waals surface area contributed by atoms with Crippen molar-refractivity contribution in [1.82, 2.24) is 0 Å². The van der Waals surface area contributed by atoms with Crippen LogP contribution in [0.15, 0.2) is 24.3 Å². The van der Waals surface area contributed by atoms with Crippen molar-refractivity contribution >= 4 is 19.3 Å². The van der Waals surface area contributed by atoms with Gasteiger partial charge in [-0.3, -0.25) is 4.79 Å². The van der Waals surface area contributed by atoms with Crippen molar-refractivity contribution in [2.45, 2.75) is 12.8 Å². The number of rotatable bonds is 3. The fourth-order valence-corrected chi connectivity index (χ4v) is 1.12. The predicted octanol–water partition coefficient (Wildman–Crippen LogP) is -0.0378. The number of aliphatic carboxylic acids is 1. The van der Waals surface area contributed by atoms with E-state index in [0.29, 0.717) is 6.42 Å². The zero-order valence-corrected chi connectivity index (χ0v) is 7.08. The van der Waals surface area contributed by atoms with Crippen LogP contribution in [-0.2, 0) is 11.2 Å². The quantitative estimate of drug-likeness (QED) is 0.633. The molecule has 0 atom stereocenters. The summed E-state index contributed by atoms with van der Waals surface area (Å²) in [5, 5.41) is 8.44. The molecule has 0 heterocycles. The fraction of sp³-hybridized carbons (Fsp3) is 0.222. The van der Waals surface area contributed by atoms with Gasteiger partial charge in [-0.1, -0.05) is 29.7 Å². The molecule has 0 aliphatic carbocycles. The zero-order valence-electron chi connectivity index (χ0n) is 7.08. The largest absolute Gasteiger partial charge is 0.481 e. The first-order valence-electron chi connectivity index (χ1n) is 3.96. The Balaban J connectivity index is 2.57. The third kappa shape index (κ3) is 2.78. The van der Waals surface area contributed by atoms with Gasteiger partial charge in [0.2, 0.25) is 0 Å². The van der Waals surface area contributed by atoms with Gasteiger partial charge in [0.25, 0.3) is 0 Å². The van der Waals surface area contributed by atoms with E-state index in [0.717, 1.165) is 5.56 Å². The van der Waals surface area contributed by atoms with Crippen LogP contribution in [0.4, 0.5) is 0 Å². The topological polar surface area (TPSA) is 37.3 Å². The van der Waals surface area contributed by atoms with Gasteiger partial charge >= 0.3 is 5.97 Å². The molecule has 1 rings (SSSR count). The Bertz CT molecular complexity index is 284. The van der Waals surface area contributed by atoms with Crippen LogP contribution in [0.5, 0.6) is 0 Å². The van der Waals surface area contributed by atoms with Gasteiger partial charge in [0.1, 0.15) is 7.85 Å². The summed E-state index contributed by atoms with van der Waals surface area (Å²) in [7, 11) is 2.00. The molecule has 0 amide bonds. The highest BCUT2D eigenvalue weighted by Gasteiger charge is 1.98. The second-order valence-corrected chi connectivity index (χ2v) is 2.88. The van der Waals surface area contributed by atoms with E-state index in [1.807, 2.05) is 32.1 Å². The van der Waals surface area contributed by atoms with E-state index in [1.54, 1.807) is 0 Å². The average molecular weight is 162 g/mol. The molecule has 3 heteroatoms. The number of carboxylic acid groups (broad SMARTS) is 1. The lowest BCUT2D eigenvalue weighted by Gasteiger charge is -1.99. The lowest BCUT2D eigenvalue weighted by atomic mass is 9.93. The summed E-state index contributed by atoms with van der Waals surface area (Å²) in [5.74, 6) is -0.739. The van der Waals surface area contributed by atoms with Gasteiger partial charge in [0.05, 0.1) is 0 Å². The summed E-state index contributed by atoms with van der Waals surface area (Å²) >= 11 is 0. The number of carboxylic acids is 1. The van der Waals surface area contributed by atoms with Crippen molar-refractivity contribution in [2.24, 2.45) is 0 Å². The van der Waals surface area contributed by atoms with Crippen LogP contribution in [0.25, 0.3) is 0 Å². The van der Waals surface area contributed by atoms with Crippen LogP contribution in [0.3, 0.4) is 0 Å². The summed E-state index contributed by atoms with van der Waals surface area (Å²) in [5.41, 5.74) is 2.27. The number of hydrogen-bond acceptors (Lipinski definition) is 1. The minimum atomic E-state index is -0.739. The Kier molecular flexibility index (Phi) is 2.91. The summed E-state index contributed by atoms with van der Waals surface area (Å²) in [6.45, 7) is 0. The normalized spacial score (nSPS) is 9.67. The van der Waals surface area contributed by atoms with Crippen LogP contribution >= 0.6 is 0 Å². The van der Waals surface area contributed by atoms with E-state index in [4.69, 9.17) is 5.11 Å². The van der Waals surface area contributed by atoms with Gasteiger partial charge in [-0.15, -0.1) is 0 Å². The van der Waals surface area contributed by atoms with E-state index in [9.17, 15) is 4.79 Å². The molecule has 0 aromatic heterocycles. The van der Waals surface area contributed by atoms with Crippen LogP contribution in [-0.4, -0.2) is 18.9 Å². The molecular formula is C9H11BO2. The highest BCUT2D eigenvalue weighted by Crippen LogP contribution is 2.00.